The average Bonchev–Trinajstić information content (AvgIpc) is 2.67. The Kier molecular flexibility index (Phi) is 3.64. The van der Waals surface area contributed by atoms with Gasteiger partial charge < -0.3 is 4.98 Å². The first-order chi connectivity index (χ1) is 8.16. The molecule has 2 rings (SSSR count). The minimum atomic E-state index is 0.141. The molecule has 0 aliphatic rings. The molecule has 88 valence electrons. The van der Waals surface area contributed by atoms with Crippen LogP contribution in [0.2, 0.25) is 0 Å². The lowest BCUT2D eigenvalue weighted by Gasteiger charge is -1.99. The zero-order chi connectivity index (χ0) is 12.3. The van der Waals surface area contributed by atoms with Gasteiger partial charge in [-0.15, -0.1) is 0 Å². The number of pyridine rings is 1. The summed E-state index contributed by atoms with van der Waals surface area (Å²) in [5.74, 6) is 0.567. The highest BCUT2D eigenvalue weighted by atomic mass is 32.2. The van der Waals surface area contributed by atoms with Crippen LogP contribution >= 0.6 is 11.8 Å². The number of aromatic nitrogens is 2. The van der Waals surface area contributed by atoms with Gasteiger partial charge in [0, 0.05) is 23.1 Å². The van der Waals surface area contributed by atoms with Gasteiger partial charge in [-0.1, -0.05) is 17.8 Å². The summed E-state index contributed by atoms with van der Waals surface area (Å²) >= 11 is 1.47. The van der Waals surface area contributed by atoms with Gasteiger partial charge in [0.1, 0.15) is 0 Å². The second kappa shape index (κ2) is 5.19. The minimum Gasteiger partial charge on any atom is -0.362 e. The van der Waals surface area contributed by atoms with E-state index in [0.717, 1.165) is 22.0 Å². The van der Waals surface area contributed by atoms with Crippen molar-refractivity contribution in [1.29, 1.82) is 0 Å². The largest absolute Gasteiger partial charge is 0.362 e. The van der Waals surface area contributed by atoms with E-state index in [0.29, 0.717) is 5.75 Å². The molecule has 0 radical (unpaired) electrons. The Labute approximate surface area is 105 Å². The molecule has 0 atom stereocenters. The van der Waals surface area contributed by atoms with Crippen molar-refractivity contribution >= 4 is 17.5 Å². The van der Waals surface area contributed by atoms with Crippen LogP contribution in [-0.2, 0) is 0 Å². The van der Waals surface area contributed by atoms with Crippen LogP contribution in [0.4, 0.5) is 0 Å². The molecular formula is C13H14N2OS. The molecule has 0 saturated carbocycles. The number of carbonyl (C=O) groups excluding carboxylic acids is 1. The molecule has 1 N–H and O–H groups in total. The van der Waals surface area contributed by atoms with Crippen molar-refractivity contribution in [2.45, 2.75) is 18.9 Å². The van der Waals surface area contributed by atoms with Crippen LogP contribution in [0.25, 0.3) is 0 Å². The lowest BCUT2D eigenvalue weighted by molar-refractivity contribution is 0.102. The van der Waals surface area contributed by atoms with Crippen molar-refractivity contribution in [3.05, 3.63) is 47.4 Å². The number of nitrogens with zero attached hydrogens (tertiary/aromatic N) is 1. The molecule has 0 spiro atoms. The molecule has 2 heterocycles. The summed E-state index contributed by atoms with van der Waals surface area (Å²) in [5, 5.41) is 0.880. The molecule has 0 amide bonds. The van der Waals surface area contributed by atoms with E-state index in [9.17, 15) is 4.79 Å². The number of carbonyl (C=O) groups is 1. The van der Waals surface area contributed by atoms with Crippen molar-refractivity contribution in [3.8, 4) is 0 Å². The van der Waals surface area contributed by atoms with Crippen LogP contribution in [0.15, 0.2) is 35.5 Å². The predicted molar refractivity (Wildman–Crippen MR) is 69.6 cm³/mol. The molecule has 3 nitrogen and oxygen atoms in total. The maximum absolute atomic E-state index is 12.0. The Balaban J connectivity index is 2.01. The number of rotatable bonds is 4. The van der Waals surface area contributed by atoms with E-state index in [1.807, 2.05) is 38.1 Å². The summed E-state index contributed by atoms with van der Waals surface area (Å²) in [4.78, 5) is 19.3. The summed E-state index contributed by atoms with van der Waals surface area (Å²) in [7, 11) is 0. The number of aryl methyl sites for hydroxylation is 2. The number of nitrogens with one attached hydrogen (secondary N) is 1. The monoisotopic (exact) mass is 246 g/mol. The number of hydrogen-bond donors (Lipinski definition) is 1. The fourth-order valence-corrected chi connectivity index (χ4v) is 2.41. The standard InChI is InChI=1S/C13H14N2OS/c1-9-7-11(10(2)15-9)12(16)8-17-13-5-3-4-6-14-13/h3-7,15H,8H2,1-2H3. The topological polar surface area (TPSA) is 45.8 Å². The van der Waals surface area contributed by atoms with Gasteiger partial charge in [-0.3, -0.25) is 4.79 Å². The predicted octanol–water partition coefficient (Wildman–Crippen LogP) is 3.00. The average molecular weight is 246 g/mol. The Morgan fingerprint density at radius 2 is 2.24 bits per heavy atom. The smallest absolute Gasteiger partial charge is 0.174 e. The molecule has 2 aromatic rings. The first-order valence-electron chi connectivity index (χ1n) is 5.40. The summed E-state index contributed by atoms with van der Waals surface area (Å²) in [6, 6.07) is 7.60. The number of thioether (sulfide) groups is 1. The number of Topliss-reactive ketones (excluding diaryl/α,β-unsaturated/α-hetero) is 1. The van der Waals surface area contributed by atoms with Crippen LogP contribution < -0.4 is 0 Å². The van der Waals surface area contributed by atoms with Gasteiger partial charge in [0.2, 0.25) is 0 Å². The van der Waals surface area contributed by atoms with Crippen molar-refractivity contribution in [1.82, 2.24) is 9.97 Å². The molecular weight excluding hydrogens is 232 g/mol. The Hall–Kier alpha value is -1.55. The maximum atomic E-state index is 12.0. The molecule has 0 unspecified atom stereocenters. The SMILES string of the molecule is Cc1cc(C(=O)CSc2ccccn2)c(C)[nH]1. The van der Waals surface area contributed by atoms with Crippen molar-refractivity contribution in [2.24, 2.45) is 0 Å². The normalized spacial score (nSPS) is 10.5. The molecule has 0 aliphatic heterocycles. The van der Waals surface area contributed by atoms with E-state index in [-0.39, 0.29) is 5.78 Å². The van der Waals surface area contributed by atoms with Crippen molar-refractivity contribution < 1.29 is 4.79 Å². The Bertz CT molecular complexity index is 519. The maximum Gasteiger partial charge on any atom is 0.174 e. The third kappa shape index (κ3) is 2.97. The van der Waals surface area contributed by atoms with Gasteiger partial charge in [-0.2, -0.15) is 0 Å². The molecule has 0 aliphatic carbocycles. The van der Waals surface area contributed by atoms with Crippen LogP contribution in [0, 0.1) is 13.8 Å². The van der Waals surface area contributed by atoms with E-state index in [1.54, 1.807) is 6.20 Å². The van der Waals surface area contributed by atoms with Crippen molar-refractivity contribution in [2.75, 3.05) is 5.75 Å². The van der Waals surface area contributed by atoms with Gasteiger partial charge >= 0.3 is 0 Å². The van der Waals surface area contributed by atoms with Crippen LogP contribution in [0.1, 0.15) is 21.7 Å². The van der Waals surface area contributed by atoms with Crippen LogP contribution in [0.5, 0.6) is 0 Å². The van der Waals surface area contributed by atoms with E-state index in [4.69, 9.17) is 0 Å². The molecule has 2 aromatic heterocycles. The molecule has 4 heteroatoms. The third-order valence-electron chi connectivity index (χ3n) is 2.44. The van der Waals surface area contributed by atoms with Gasteiger partial charge in [0.15, 0.2) is 5.78 Å². The van der Waals surface area contributed by atoms with Crippen molar-refractivity contribution in [3.63, 3.8) is 0 Å². The number of aromatic amines is 1. The fourth-order valence-electron chi connectivity index (χ4n) is 1.66. The van der Waals surface area contributed by atoms with E-state index >= 15 is 0 Å². The fraction of sp³-hybridized carbons (Fsp3) is 0.231. The molecule has 0 saturated heterocycles. The lowest BCUT2D eigenvalue weighted by atomic mass is 10.2. The lowest BCUT2D eigenvalue weighted by Crippen LogP contribution is -2.03. The Morgan fingerprint density at radius 1 is 1.41 bits per heavy atom. The number of hydrogen-bond acceptors (Lipinski definition) is 3. The summed E-state index contributed by atoms with van der Waals surface area (Å²) in [5.41, 5.74) is 2.74. The highest BCUT2D eigenvalue weighted by molar-refractivity contribution is 7.99. The molecule has 0 fully saturated rings. The summed E-state index contributed by atoms with van der Waals surface area (Å²) in [6.07, 6.45) is 1.73. The highest BCUT2D eigenvalue weighted by Crippen LogP contribution is 2.18. The van der Waals surface area contributed by atoms with E-state index < -0.39 is 0 Å². The minimum absolute atomic E-state index is 0.141. The van der Waals surface area contributed by atoms with Gasteiger partial charge in [0.05, 0.1) is 10.8 Å². The van der Waals surface area contributed by atoms with Gasteiger partial charge in [0.25, 0.3) is 0 Å². The molecule has 0 bridgehead atoms. The third-order valence-corrected chi connectivity index (χ3v) is 3.38. The molecule has 17 heavy (non-hydrogen) atoms. The van der Waals surface area contributed by atoms with E-state index in [2.05, 4.69) is 9.97 Å². The molecule has 0 aromatic carbocycles. The van der Waals surface area contributed by atoms with Gasteiger partial charge in [-0.25, -0.2) is 4.98 Å². The summed E-state index contributed by atoms with van der Waals surface area (Å²) in [6.45, 7) is 3.88. The van der Waals surface area contributed by atoms with E-state index in [1.165, 1.54) is 11.8 Å². The Morgan fingerprint density at radius 3 is 2.82 bits per heavy atom. The number of ketones is 1. The summed E-state index contributed by atoms with van der Waals surface area (Å²) < 4.78 is 0. The quantitative estimate of drug-likeness (QED) is 0.666. The van der Waals surface area contributed by atoms with Crippen LogP contribution in [0.3, 0.4) is 0 Å². The van der Waals surface area contributed by atoms with Gasteiger partial charge in [-0.05, 0) is 32.0 Å². The first-order valence-corrected chi connectivity index (χ1v) is 6.38. The first kappa shape index (κ1) is 11.9. The number of H-pyrrole nitrogens is 1. The van der Waals surface area contributed by atoms with Crippen LogP contribution in [-0.4, -0.2) is 21.5 Å². The second-order valence-corrected chi connectivity index (χ2v) is 4.87. The zero-order valence-electron chi connectivity index (χ0n) is 9.86. The highest BCUT2D eigenvalue weighted by Gasteiger charge is 2.11. The zero-order valence-corrected chi connectivity index (χ0v) is 10.7. The second-order valence-electron chi connectivity index (χ2n) is 3.87.